The minimum absolute atomic E-state index is 0.00715. The first-order valence-electron chi connectivity index (χ1n) is 11.0. The molecule has 0 aromatic heterocycles. The second kappa shape index (κ2) is 10.3. The summed E-state index contributed by atoms with van der Waals surface area (Å²) in [6.45, 7) is 4.13. The molecule has 1 unspecified atom stereocenters. The number of halogens is 3. The zero-order valence-electron chi connectivity index (χ0n) is 18.7. The number of nitrogens with one attached hydrogen (secondary N) is 1. The highest BCUT2D eigenvalue weighted by molar-refractivity contribution is 7.89. The van der Waals surface area contributed by atoms with Gasteiger partial charge in [-0.1, -0.05) is 56.3 Å². The van der Waals surface area contributed by atoms with Crippen LogP contribution in [0.1, 0.15) is 50.3 Å². The average Bonchev–Trinajstić information content (AvgIpc) is 2.78. The van der Waals surface area contributed by atoms with Crippen molar-refractivity contribution >= 4 is 15.9 Å². The molecule has 1 N–H and O–H groups in total. The summed E-state index contributed by atoms with van der Waals surface area (Å²) in [5.41, 5.74) is -0.174. The molecule has 2 aromatic carbocycles. The van der Waals surface area contributed by atoms with Crippen LogP contribution in [0.5, 0.6) is 0 Å². The van der Waals surface area contributed by atoms with Gasteiger partial charge in [-0.25, -0.2) is 8.42 Å². The zero-order chi connectivity index (χ0) is 24.2. The summed E-state index contributed by atoms with van der Waals surface area (Å²) >= 11 is 0. The molecule has 3 rings (SSSR count). The number of carbonyl (C=O) groups excluding carboxylic acids is 1. The second-order valence-electron chi connectivity index (χ2n) is 8.77. The molecule has 1 saturated heterocycles. The smallest absolute Gasteiger partial charge is 0.349 e. The lowest BCUT2D eigenvalue weighted by molar-refractivity contribution is -0.139. The van der Waals surface area contributed by atoms with E-state index in [-0.39, 0.29) is 37.9 Å². The van der Waals surface area contributed by atoms with Gasteiger partial charge in [-0.2, -0.15) is 17.5 Å². The molecule has 0 bridgehead atoms. The van der Waals surface area contributed by atoms with Gasteiger partial charge in [0.2, 0.25) is 15.9 Å². The molecule has 0 saturated carbocycles. The van der Waals surface area contributed by atoms with Crippen LogP contribution < -0.4 is 5.32 Å². The van der Waals surface area contributed by atoms with Crippen LogP contribution in [0, 0.1) is 11.8 Å². The fourth-order valence-corrected chi connectivity index (χ4v) is 5.83. The fraction of sp³-hybridized carbons (Fsp3) is 0.458. The summed E-state index contributed by atoms with van der Waals surface area (Å²) in [6, 6.07) is 13.7. The van der Waals surface area contributed by atoms with E-state index in [0.29, 0.717) is 5.92 Å². The van der Waals surface area contributed by atoms with Crippen LogP contribution in [0.4, 0.5) is 13.2 Å². The molecule has 1 heterocycles. The molecule has 0 radical (unpaired) electrons. The number of piperidine rings is 1. The van der Waals surface area contributed by atoms with Crippen molar-refractivity contribution in [1.29, 1.82) is 0 Å². The summed E-state index contributed by atoms with van der Waals surface area (Å²) < 4.78 is 66.9. The lowest BCUT2D eigenvalue weighted by Gasteiger charge is -2.32. The lowest BCUT2D eigenvalue weighted by atomic mass is 9.93. The fourth-order valence-electron chi connectivity index (χ4n) is 4.15. The topological polar surface area (TPSA) is 66.5 Å². The highest BCUT2D eigenvalue weighted by Crippen LogP contribution is 2.36. The predicted octanol–water partition coefficient (Wildman–Crippen LogP) is 5.01. The number of hydrogen-bond acceptors (Lipinski definition) is 3. The molecule has 1 aliphatic rings. The quantitative estimate of drug-likeness (QED) is 0.603. The molecule has 1 amide bonds. The van der Waals surface area contributed by atoms with Crippen LogP contribution in [0.2, 0.25) is 0 Å². The summed E-state index contributed by atoms with van der Waals surface area (Å²) in [5.74, 6) is -0.193. The summed E-state index contributed by atoms with van der Waals surface area (Å²) in [7, 11) is -4.33. The van der Waals surface area contributed by atoms with E-state index >= 15 is 0 Å². The third kappa shape index (κ3) is 6.14. The highest BCUT2D eigenvalue weighted by Gasteiger charge is 2.40. The molecule has 0 spiro atoms. The van der Waals surface area contributed by atoms with Crippen molar-refractivity contribution in [2.24, 2.45) is 11.8 Å². The zero-order valence-corrected chi connectivity index (χ0v) is 19.5. The third-order valence-electron chi connectivity index (χ3n) is 5.86. The van der Waals surface area contributed by atoms with E-state index in [1.165, 1.54) is 12.1 Å². The van der Waals surface area contributed by atoms with Gasteiger partial charge in [-0.15, -0.1) is 0 Å². The molecule has 1 atom stereocenters. The van der Waals surface area contributed by atoms with Gasteiger partial charge in [-0.05, 0) is 42.9 Å². The Morgan fingerprint density at radius 2 is 1.61 bits per heavy atom. The number of alkyl halides is 3. The molecule has 1 aliphatic heterocycles. The Kier molecular flexibility index (Phi) is 7.84. The molecular formula is C24H29F3N2O3S. The summed E-state index contributed by atoms with van der Waals surface area (Å²) in [5, 5.41) is 3.09. The predicted molar refractivity (Wildman–Crippen MR) is 120 cm³/mol. The summed E-state index contributed by atoms with van der Waals surface area (Å²) in [4.78, 5) is 12.2. The highest BCUT2D eigenvalue weighted by atomic mass is 32.2. The van der Waals surface area contributed by atoms with Gasteiger partial charge in [0.05, 0.1) is 16.5 Å². The van der Waals surface area contributed by atoms with Gasteiger partial charge in [0.1, 0.15) is 0 Å². The van der Waals surface area contributed by atoms with Crippen LogP contribution in [0.25, 0.3) is 0 Å². The normalized spacial score (nSPS) is 17.2. The average molecular weight is 483 g/mol. The Labute approximate surface area is 193 Å². The Morgan fingerprint density at radius 1 is 1.03 bits per heavy atom. The third-order valence-corrected chi connectivity index (χ3v) is 7.82. The number of nitrogens with zero attached hydrogens (tertiary/aromatic N) is 1. The van der Waals surface area contributed by atoms with Crippen LogP contribution >= 0.6 is 0 Å². The maximum atomic E-state index is 13.3. The van der Waals surface area contributed by atoms with Crippen molar-refractivity contribution in [2.45, 2.75) is 50.2 Å². The van der Waals surface area contributed by atoms with Gasteiger partial charge in [0, 0.05) is 19.0 Å². The van der Waals surface area contributed by atoms with Crippen LogP contribution in [-0.4, -0.2) is 31.7 Å². The number of sulfonamides is 1. The van der Waals surface area contributed by atoms with E-state index in [1.54, 1.807) is 0 Å². The van der Waals surface area contributed by atoms with Crippen LogP contribution in [0.3, 0.4) is 0 Å². The van der Waals surface area contributed by atoms with Crippen LogP contribution in [-0.2, 0) is 21.0 Å². The van der Waals surface area contributed by atoms with Crippen LogP contribution in [0.15, 0.2) is 59.5 Å². The van der Waals surface area contributed by atoms with Crippen molar-refractivity contribution in [3.8, 4) is 0 Å². The first kappa shape index (κ1) is 25.2. The Hall–Kier alpha value is -2.39. The minimum atomic E-state index is -4.77. The van der Waals surface area contributed by atoms with Gasteiger partial charge in [0.25, 0.3) is 0 Å². The number of amides is 1. The molecule has 33 heavy (non-hydrogen) atoms. The van der Waals surface area contributed by atoms with E-state index in [0.717, 1.165) is 28.4 Å². The monoisotopic (exact) mass is 482 g/mol. The maximum absolute atomic E-state index is 13.3. The molecule has 1 fully saturated rings. The first-order chi connectivity index (χ1) is 15.5. The van der Waals surface area contributed by atoms with Crippen molar-refractivity contribution in [3.63, 3.8) is 0 Å². The molecule has 5 nitrogen and oxygen atoms in total. The second-order valence-corrected chi connectivity index (χ2v) is 10.7. The maximum Gasteiger partial charge on any atom is 0.417 e. The van der Waals surface area contributed by atoms with Crippen molar-refractivity contribution in [2.75, 3.05) is 13.1 Å². The van der Waals surface area contributed by atoms with E-state index in [1.807, 2.05) is 30.3 Å². The number of benzene rings is 2. The van der Waals surface area contributed by atoms with E-state index in [4.69, 9.17) is 0 Å². The summed E-state index contributed by atoms with van der Waals surface area (Å²) in [6.07, 6.45) is -3.51. The van der Waals surface area contributed by atoms with E-state index in [2.05, 4.69) is 19.2 Å². The Bertz CT molecular complexity index is 1050. The van der Waals surface area contributed by atoms with Crippen molar-refractivity contribution in [1.82, 2.24) is 9.62 Å². The Balaban J connectivity index is 1.69. The first-order valence-corrected chi connectivity index (χ1v) is 12.5. The molecule has 9 heteroatoms. The molecule has 180 valence electrons. The van der Waals surface area contributed by atoms with Crippen molar-refractivity contribution in [3.05, 3.63) is 65.7 Å². The number of hydrogen-bond donors (Lipinski definition) is 1. The SMILES string of the molecule is CC(C)CC(NC(=O)C1CCN(S(=O)(=O)c2ccccc2C(F)(F)F)CC1)c1ccccc1. The van der Waals surface area contributed by atoms with Gasteiger partial charge >= 0.3 is 6.18 Å². The van der Waals surface area contributed by atoms with E-state index < -0.39 is 32.6 Å². The van der Waals surface area contributed by atoms with Gasteiger partial charge < -0.3 is 5.32 Å². The lowest BCUT2D eigenvalue weighted by Crippen LogP contribution is -2.44. The molecular weight excluding hydrogens is 453 g/mol. The largest absolute Gasteiger partial charge is 0.417 e. The Morgan fingerprint density at radius 3 is 2.18 bits per heavy atom. The standard InChI is InChI=1S/C24H29F3N2O3S/c1-17(2)16-21(18-8-4-3-5-9-18)28-23(30)19-12-14-29(15-13-19)33(31,32)22-11-7-6-10-20(22)24(25,26)27/h3-11,17,19,21H,12-16H2,1-2H3,(H,28,30). The molecule has 2 aromatic rings. The number of rotatable bonds is 7. The minimum Gasteiger partial charge on any atom is -0.349 e. The van der Waals surface area contributed by atoms with Gasteiger partial charge in [-0.3, -0.25) is 4.79 Å². The molecule has 0 aliphatic carbocycles. The van der Waals surface area contributed by atoms with Crippen molar-refractivity contribution < 1.29 is 26.4 Å². The van der Waals surface area contributed by atoms with E-state index in [9.17, 15) is 26.4 Å². The van der Waals surface area contributed by atoms with Gasteiger partial charge in [0.15, 0.2) is 0 Å². The number of carbonyl (C=O) groups is 1.